The predicted octanol–water partition coefficient (Wildman–Crippen LogP) is 2.23. The average molecular weight is 288 g/mol. The molecule has 0 aliphatic rings. The first-order valence-corrected chi connectivity index (χ1v) is 5.74. The molecule has 0 amide bonds. The van der Waals surface area contributed by atoms with E-state index in [9.17, 15) is 9.90 Å². The summed E-state index contributed by atoms with van der Waals surface area (Å²) in [6, 6.07) is 1.74. The Morgan fingerprint density at radius 2 is 2.06 bits per heavy atom. The Hall–Kier alpha value is -0.940. The molecule has 0 aliphatic carbocycles. The minimum absolute atomic E-state index is 0.367. The molecule has 0 bridgehead atoms. The second kappa shape index (κ2) is 5.41. The van der Waals surface area contributed by atoms with Gasteiger partial charge in [-0.25, -0.2) is 0 Å². The van der Waals surface area contributed by atoms with Crippen molar-refractivity contribution >= 4 is 21.9 Å². The summed E-state index contributed by atoms with van der Waals surface area (Å²) in [7, 11) is 0. The summed E-state index contributed by atoms with van der Waals surface area (Å²) in [5.74, 6) is -1.88. The number of carboxylic acid groups (broad SMARTS) is 1. The van der Waals surface area contributed by atoms with Gasteiger partial charge in [0.05, 0.1) is 12.0 Å². The van der Waals surface area contributed by atoms with Crippen molar-refractivity contribution < 1.29 is 15.0 Å². The normalized spacial score (nSPS) is 16.5. The maximum absolute atomic E-state index is 10.8. The highest BCUT2D eigenvalue weighted by Gasteiger charge is 2.27. The summed E-state index contributed by atoms with van der Waals surface area (Å²) in [6.07, 6.45) is 2.33. The van der Waals surface area contributed by atoms with Crippen LogP contribution in [0.25, 0.3) is 0 Å². The molecule has 0 aliphatic heterocycles. The number of pyridine rings is 1. The van der Waals surface area contributed by atoms with Gasteiger partial charge in [0, 0.05) is 22.4 Å². The highest BCUT2D eigenvalue weighted by Crippen LogP contribution is 2.28. The van der Waals surface area contributed by atoms with Crippen molar-refractivity contribution in [3.05, 3.63) is 28.5 Å². The lowest BCUT2D eigenvalue weighted by Gasteiger charge is -2.22. The molecule has 88 valence electrons. The van der Waals surface area contributed by atoms with Crippen molar-refractivity contribution in [2.24, 2.45) is 11.8 Å². The number of carboxylic acids is 1. The Balaban J connectivity index is 2.85. The molecule has 0 fully saturated rings. The molecule has 0 saturated carbocycles. The van der Waals surface area contributed by atoms with E-state index in [1.54, 1.807) is 32.3 Å². The zero-order valence-electron chi connectivity index (χ0n) is 9.09. The lowest BCUT2D eigenvalue weighted by Crippen LogP contribution is -2.23. The van der Waals surface area contributed by atoms with E-state index < -0.39 is 18.0 Å². The Bertz CT molecular complexity index is 383. The van der Waals surface area contributed by atoms with E-state index in [2.05, 4.69) is 20.9 Å². The number of halogens is 1. The number of rotatable bonds is 4. The third kappa shape index (κ3) is 3.02. The lowest BCUT2D eigenvalue weighted by atomic mass is 9.88. The van der Waals surface area contributed by atoms with Crippen molar-refractivity contribution in [3.63, 3.8) is 0 Å². The van der Waals surface area contributed by atoms with E-state index in [0.717, 1.165) is 4.47 Å². The van der Waals surface area contributed by atoms with Gasteiger partial charge >= 0.3 is 5.97 Å². The quantitative estimate of drug-likeness (QED) is 0.891. The van der Waals surface area contributed by atoms with Gasteiger partial charge in [-0.2, -0.15) is 0 Å². The molecular weight excluding hydrogens is 274 g/mol. The lowest BCUT2D eigenvalue weighted by molar-refractivity contribution is -0.144. The van der Waals surface area contributed by atoms with Gasteiger partial charge in [-0.15, -0.1) is 0 Å². The Morgan fingerprint density at radius 3 is 2.56 bits per heavy atom. The number of carbonyl (C=O) groups is 1. The molecular formula is C11H14BrNO3. The fourth-order valence-corrected chi connectivity index (χ4v) is 1.77. The molecule has 4 nitrogen and oxygen atoms in total. The summed E-state index contributed by atoms with van der Waals surface area (Å²) in [5.41, 5.74) is 0.620. The van der Waals surface area contributed by atoms with E-state index in [-0.39, 0.29) is 5.92 Å². The van der Waals surface area contributed by atoms with Gasteiger partial charge in [-0.3, -0.25) is 9.78 Å². The van der Waals surface area contributed by atoms with Crippen LogP contribution in [0.15, 0.2) is 22.9 Å². The summed E-state index contributed by atoms with van der Waals surface area (Å²) in [6.45, 7) is 3.30. The second-order valence-electron chi connectivity index (χ2n) is 3.87. The van der Waals surface area contributed by atoms with Gasteiger partial charge in [-0.1, -0.05) is 13.8 Å². The fourth-order valence-electron chi connectivity index (χ4n) is 1.39. The van der Waals surface area contributed by atoms with Gasteiger partial charge in [-0.05, 0) is 27.9 Å². The van der Waals surface area contributed by atoms with Crippen LogP contribution >= 0.6 is 15.9 Å². The molecule has 3 unspecified atom stereocenters. The molecule has 0 spiro atoms. The van der Waals surface area contributed by atoms with Crippen LogP contribution in [0.2, 0.25) is 0 Å². The Morgan fingerprint density at radius 1 is 1.44 bits per heavy atom. The van der Waals surface area contributed by atoms with Gasteiger partial charge in [0.2, 0.25) is 0 Å². The zero-order chi connectivity index (χ0) is 12.3. The summed E-state index contributed by atoms with van der Waals surface area (Å²) in [4.78, 5) is 14.7. The maximum atomic E-state index is 10.8. The zero-order valence-corrected chi connectivity index (χ0v) is 10.7. The number of aromatic nitrogens is 1. The molecule has 16 heavy (non-hydrogen) atoms. The smallest absolute Gasteiger partial charge is 0.306 e. The number of aliphatic hydroxyl groups excluding tert-OH is 1. The Kier molecular flexibility index (Phi) is 4.44. The van der Waals surface area contributed by atoms with Crippen molar-refractivity contribution in [1.29, 1.82) is 0 Å². The van der Waals surface area contributed by atoms with Crippen LogP contribution in [0.5, 0.6) is 0 Å². The molecule has 1 rings (SSSR count). The first-order chi connectivity index (χ1) is 7.43. The maximum Gasteiger partial charge on any atom is 0.306 e. The van der Waals surface area contributed by atoms with E-state index >= 15 is 0 Å². The molecule has 5 heteroatoms. The van der Waals surface area contributed by atoms with Crippen LogP contribution in [0.1, 0.15) is 25.5 Å². The second-order valence-corrected chi connectivity index (χ2v) is 4.78. The number of nitrogens with zero attached hydrogens (tertiary/aromatic N) is 1. The van der Waals surface area contributed by atoms with Crippen molar-refractivity contribution in [2.45, 2.75) is 20.0 Å². The molecule has 0 saturated heterocycles. The summed E-state index contributed by atoms with van der Waals surface area (Å²) in [5, 5.41) is 18.9. The molecule has 1 aromatic rings. The van der Waals surface area contributed by atoms with Gasteiger partial charge < -0.3 is 10.2 Å². The van der Waals surface area contributed by atoms with E-state index in [4.69, 9.17) is 5.11 Å². The van der Waals surface area contributed by atoms with Crippen LogP contribution in [0.3, 0.4) is 0 Å². The van der Waals surface area contributed by atoms with Crippen LogP contribution in [-0.2, 0) is 4.79 Å². The van der Waals surface area contributed by atoms with Gasteiger partial charge in [0.25, 0.3) is 0 Å². The predicted molar refractivity (Wildman–Crippen MR) is 62.9 cm³/mol. The number of aliphatic hydroxyl groups is 1. The van der Waals surface area contributed by atoms with Crippen LogP contribution in [-0.4, -0.2) is 21.2 Å². The van der Waals surface area contributed by atoms with E-state index in [1.165, 1.54) is 0 Å². The Labute approximate surface area is 102 Å². The molecule has 2 N–H and O–H groups in total. The highest BCUT2D eigenvalue weighted by atomic mass is 79.9. The monoisotopic (exact) mass is 287 g/mol. The summed E-state index contributed by atoms with van der Waals surface area (Å²) < 4.78 is 0.763. The van der Waals surface area contributed by atoms with Crippen LogP contribution in [0, 0.1) is 11.8 Å². The first kappa shape index (κ1) is 13.1. The van der Waals surface area contributed by atoms with Crippen molar-refractivity contribution in [3.8, 4) is 0 Å². The van der Waals surface area contributed by atoms with Crippen molar-refractivity contribution in [1.82, 2.24) is 4.98 Å². The summed E-state index contributed by atoms with van der Waals surface area (Å²) >= 11 is 3.26. The third-order valence-corrected chi connectivity index (χ3v) is 3.18. The topological polar surface area (TPSA) is 70.4 Å². The first-order valence-electron chi connectivity index (χ1n) is 4.94. The van der Waals surface area contributed by atoms with E-state index in [1.807, 2.05) is 0 Å². The van der Waals surface area contributed by atoms with E-state index in [0.29, 0.717) is 5.56 Å². The number of aliphatic carboxylic acids is 1. The van der Waals surface area contributed by atoms with Gasteiger partial charge in [0.15, 0.2) is 0 Å². The highest BCUT2D eigenvalue weighted by molar-refractivity contribution is 9.10. The standard InChI is InChI=1S/C11H14BrNO3/c1-6(7(2)11(15)16)10(14)8-3-9(12)5-13-4-8/h3-7,10,14H,1-2H3,(H,15,16). The van der Waals surface area contributed by atoms with Crippen LogP contribution in [0.4, 0.5) is 0 Å². The number of hydrogen-bond acceptors (Lipinski definition) is 3. The largest absolute Gasteiger partial charge is 0.481 e. The van der Waals surface area contributed by atoms with Gasteiger partial charge in [0.1, 0.15) is 0 Å². The fraction of sp³-hybridized carbons (Fsp3) is 0.455. The average Bonchev–Trinajstić information content (AvgIpc) is 2.26. The molecule has 1 heterocycles. The minimum atomic E-state index is -0.908. The van der Waals surface area contributed by atoms with Crippen LogP contribution < -0.4 is 0 Å². The molecule has 1 aromatic heterocycles. The SMILES string of the molecule is CC(C(=O)O)C(C)C(O)c1cncc(Br)c1. The molecule has 3 atom stereocenters. The molecule has 0 aromatic carbocycles. The number of hydrogen-bond donors (Lipinski definition) is 2. The molecule has 0 radical (unpaired) electrons. The minimum Gasteiger partial charge on any atom is -0.481 e. The van der Waals surface area contributed by atoms with Crippen molar-refractivity contribution in [2.75, 3.05) is 0 Å². The third-order valence-electron chi connectivity index (χ3n) is 2.74.